The van der Waals surface area contributed by atoms with Crippen LogP contribution in [0.25, 0.3) is 29.1 Å². The van der Waals surface area contributed by atoms with Gasteiger partial charge in [0.15, 0.2) is 4.80 Å². The minimum Gasteiger partial charge on any atom is -0.463 e. The molecule has 1 unspecified atom stereocenters. The molecule has 1 atom stereocenters. The van der Waals surface area contributed by atoms with Gasteiger partial charge in [-0.1, -0.05) is 102 Å². The molecule has 7 nitrogen and oxygen atoms in total. The monoisotopic (exact) mass is 572 g/mol. The molecule has 0 spiro atoms. The summed E-state index contributed by atoms with van der Waals surface area (Å²) in [6.45, 7) is 3.77. The van der Waals surface area contributed by atoms with Crippen LogP contribution in [0.15, 0.2) is 124 Å². The molecule has 3 heterocycles. The summed E-state index contributed by atoms with van der Waals surface area (Å²) in [4.78, 5) is 32.3. The van der Waals surface area contributed by atoms with Crippen molar-refractivity contribution in [3.63, 3.8) is 0 Å². The molecule has 0 saturated heterocycles. The Bertz CT molecular complexity index is 1990. The lowest BCUT2D eigenvalue weighted by atomic mass is 10.0. The van der Waals surface area contributed by atoms with Gasteiger partial charge < -0.3 is 4.74 Å². The van der Waals surface area contributed by atoms with E-state index in [-0.39, 0.29) is 12.2 Å². The van der Waals surface area contributed by atoms with E-state index in [9.17, 15) is 9.59 Å². The van der Waals surface area contributed by atoms with Gasteiger partial charge in [-0.2, -0.15) is 5.10 Å². The van der Waals surface area contributed by atoms with Crippen LogP contribution in [0.4, 0.5) is 0 Å². The van der Waals surface area contributed by atoms with Gasteiger partial charge in [-0.3, -0.25) is 9.36 Å². The highest BCUT2D eigenvalue weighted by Gasteiger charge is 2.30. The van der Waals surface area contributed by atoms with E-state index in [0.29, 0.717) is 20.6 Å². The molecule has 42 heavy (non-hydrogen) atoms. The molecule has 1 aliphatic heterocycles. The third kappa shape index (κ3) is 5.32. The van der Waals surface area contributed by atoms with Crippen molar-refractivity contribution in [2.45, 2.75) is 19.9 Å². The molecule has 0 aliphatic carbocycles. The van der Waals surface area contributed by atoms with Crippen LogP contribution in [0.2, 0.25) is 0 Å². The van der Waals surface area contributed by atoms with Gasteiger partial charge in [-0.25, -0.2) is 14.5 Å². The summed E-state index contributed by atoms with van der Waals surface area (Å²) in [5, 5.41) is 4.88. The van der Waals surface area contributed by atoms with Crippen LogP contribution in [-0.2, 0) is 9.53 Å². The van der Waals surface area contributed by atoms with Crippen LogP contribution in [0.1, 0.15) is 31.0 Å². The number of fused-ring (bicyclic) bond motifs is 1. The Balaban J connectivity index is 1.52. The van der Waals surface area contributed by atoms with Gasteiger partial charge in [0.2, 0.25) is 0 Å². The average molecular weight is 573 g/mol. The Kier molecular flexibility index (Phi) is 7.62. The predicted molar refractivity (Wildman–Crippen MR) is 166 cm³/mol. The maximum atomic E-state index is 14.0. The van der Waals surface area contributed by atoms with Crippen molar-refractivity contribution in [3.05, 3.63) is 145 Å². The van der Waals surface area contributed by atoms with Crippen LogP contribution in [0.5, 0.6) is 0 Å². The number of ether oxygens (including phenoxy) is 1. The first-order chi connectivity index (χ1) is 20.5. The zero-order valence-corrected chi connectivity index (χ0v) is 24.0. The van der Waals surface area contributed by atoms with Crippen molar-refractivity contribution < 1.29 is 9.53 Å². The van der Waals surface area contributed by atoms with Gasteiger partial charge in [-0.15, -0.1) is 0 Å². The van der Waals surface area contributed by atoms with Gasteiger partial charge in [0.25, 0.3) is 5.56 Å². The number of carbonyl (C=O) groups excluding carboxylic acids is 1. The summed E-state index contributed by atoms with van der Waals surface area (Å²) in [6, 6.07) is 28.8. The lowest BCUT2D eigenvalue weighted by Gasteiger charge is -2.21. The first-order valence-corrected chi connectivity index (χ1v) is 14.5. The number of carbonyl (C=O) groups is 1. The van der Waals surface area contributed by atoms with Gasteiger partial charge in [0, 0.05) is 17.3 Å². The molecule has 6 rings (SSSR count). The third-order valence-corrected chi connectivity index (χ3v) is 7.91. The largest absolute Gasteiger partial charge is 0.463 e. The summed E-state index contributed by atoms with van der Waals surface area (Å²) in [5.74, 6) is -0.480. The first kappa shape index (κ1) is 27.1. The fourth-order valence-electron chi connectivity index (χ4n) is 4.95. The summed E-state index contributed by atoms with van der Waals surface area (Å²) < 4.78 is 9.28. The lowest BCUT2D eigenvalue weighted by Crippen LogP contribution is -2.38. The average Bonchev–Trinajstić information content (AvgIpc) is 3.58. The fourth-order valence-corrected chi connectivity index (χ4v) is 6.00. The molecule has 0 bridgehead atoms. The predicted octanol–water partition coefficient (Wildman–Crippen LogP) is 5.32. The number of allylic oxidation sites excluding steroid dienone is 2. The van der Waals surface area contributed by atoms with E-state index in [4.69, 9.17) is 9.84 Å². The molecule has 0 amide bonds. The highest BCUT2D eigenvalue weighted by molar-refractivity contribution is 7.07. The smallest absolute Gasteiger partial charge is 0.338 e. The van der Waals surface area contributed by atoms with E-state index in [1.807, 2.05) is 120 Å². The van der Waals surface area contributed by atoms with Gasteiger partial charge in [0.05, 0.1) is 39.8 Å². The molecule has 0 saturated carbocycles. The summed E-state index contributed by atoms with van der Waals surface area (Å²) in [6.07, 6.45) is 7.57. The van der Waals surface area contributed by atoms with Gasteiger partial charge in [-0.05, 0) is 37.6 Å². The quantitative estimate of drug-likeness (QED) is 0.248. The van der Waals surface area contributed by atoms with Crippen LogP contribution in [0, 0.1) is 0 Å². The van der Waals surface area contributed by atoms with Gasteiger partial charge >= 0.3 is 5.97 Å². The number of thiazole rings is 1. The molecule has 5 aromatic rings. The van der Waals surface area contributed by atoms with Crippen molar-refractivity contribution in [1.29, 1.82) is 0 Å². The van der Waals surface area contributed by atoms with E-state index in [2.05, 4.69) is 4.99 Å². The number of para-hydroxylation sites is 1. The number of aromatic nitrogens is 3. The molecule has 0 fully saturated rings. The molecule has 3 aromatic carbocycles. The minimum absolute atomic E-state index is 0.225. The Morgan fingerprint density at radius 3 is 2.33 bits per heavy atom. The lowest BCUT2D eigenvalue weighted by molar-refractivity contribution is -0.139. The minimum atomic E-state index is -0.664. The first-order valence-electron chi connectivity index (χ1n) is 13.7. The molecule has 2 aromatic heterocycles. The van der Waals surface area contributed by atoms with Crippen molar-refractivity contribution in [2.24, 2.45) is 4.99 Å². The molecule has 8 heteroatoms. The van der Waals surface area contributed by atoms with E-state index >= 15 is 0 Å². The van der Waals surface area contributed by atoms with Crippen molar-refractivity contribution in [2.75, 3.05) is 6.61 Å². The molecular formula is C34H28N4O3S. The summed E-state index contributed by atoms with van der Waals surface area (Å²) >= 11 is 1.29. The van der Waals surface area contributed by atoms with Crippen LogP contribution >= 0.6 is 11.3 Å². The normalized spacial score (nSPS) is 15.1. The highest BCUT2D eigenvalue weighted by Crippen LogP contribution is 2.27. The second-order valence-corrected chi connectivity index (χ2v) is 10.7. The topological polar surface area (TPSA) is 78.5 Å². The Hall–Kier alpha value is -5.08. The number of hydrogen-bond donors (Lipinski definition) is 0. The summed E-state index contributed by atoms with van der Waals surface area (Å²) in [7, 11) is 0. The molecule has 0 N–H and O–H groups in total. The Morgan fingerprint density at radius 2 is 1.64 bits per heavy atom. The summed E-state index contributed by atoms with van der Waals surface area (Å²) in [5.41, 5.74) is 5.02. The van der Waals surface area contributed by atoms with Crippen molar-refractivity contribution in [1.82, 2.24) is 14.3 Å². The zero-order valence-electron chi connectivity index (χ0n) is 23.2. The SMILES string of the molecule is CCOC(=O)C1=C(C)N=c2sc(=Cc3cn(-c4ccccc4)nc3-c3ccccc3)c(=O)n2C1C=Cc1ccccc1. The van der Waals surface area contributed by atoms with E-state index in [1.165, 1.54) is 11.3 Å². The standard InChI is InChI=1S/C34H28N4O3S/c1-3-41-33(40)30-23(2)35-34-38(28(30)20-19-24-13-7-4-8-14-24)32(39)29(42-34)21-26-22-37(27-17-11-6-12-18-27)36-31(26)25-15-9-5-10-16-25/h4-22,28H,3H2,1-2H3. The third-order valence-electron chi connectivity index (χ3n) is 6.93. The molecular weight excluding hydrogens is 544 g/mol. The van der Waals surface area contributed by atoms with Crippen molar-refractivity contribution in [3.8, 4) is 16.9 Å². The van der Waals surface area contributed by atoms with Crippen LogP contribution in [-0.4, -0.2) is 26.9 Å². The number of benzene rings is 3. The molecule has 1 aliphatic rings. The highest BCUT2D eigenvalue weighted by atomic mass is 32.1. The van der Waals surface area contributed by atoms with E-state index < -0.39 is 12.0 Å². The van der Waals surface area contributed by atoms with Crippen molar-refractivity contribution >= 4 is 29.5 Å². The fraction of sp³-hybridized carbons (Fsp3) is 0.118. The number of nitrogens with zero attached hydrogens (tertiary/aromatic N) is 4. The zero-order chi connectivity index (χ0) is 29.1. The Morgan fingerprint density at radius 1 is 0.976 bits per heavy atom. The second-order valence-electron chi connectivity index (χ2n) is 9.69. The Labute approximate surface area is 246 Å². The number of rotatable bonds is 7. The molecule has 208 valence electrons. The maximum absolute atomic E-state index is 14.0. The number of hydrogen-bond acceptors (Lipinski definition) is 6. The number of esters is 1. The second kappa shape index (κ2) is 11.8. The maximum Gasteiger partial charge on any atom is 0.338 e. The van der Waals surface area contributed by atoms with E-state index in [0.717, 1.165) is 28.1 Å². The molecule has 0 radical (unpaired) electrons. The van der Waals surface area contributed by atoms with Crippen LogP contribution < -0.4 is 14.9 Å². The van der Waals surface area contributed by atoms with E-state index in [1.54, 1.807) is 18.4 Å². The van der Waals surface area contributed by atoms with Crippen LogP contribution in [0.3, 0.4) is 0 Å². The van der Waals surface area contributed by atoms with Gasteiger partial charge in [0.1, 0.15) is 0 Å².